The van der Waals surface area contributed by atoms with E-state index in [0.717, 1.165) is 44.0 Å². The highest BCUT2D eigenvalue weighted by molar-refractivity contribution is 5.97. The lowest BCUT2D eigenvalue weighted by Gasteiger charge is -2.27. The Labute approximate surface area is 142 Å². The van der Waals surface area contributed by atoms with Crippen LogP contribution < -0.4 is 16.0 Å². The maximum absolute atomic E-state index is 12.2. The summed E-state index contributed by atoms with van der Waals surface area (Å²) in [6, 6.07) is 5.47. The Hall–Kier alpha value is -1.63. The van der Waals surface area contributed by atoms with Gasteiger partial charge in [-0.1, -0.05) is 0 Å². The van der Waals surface area contributed by atoms with Crippen molar-refractivity contribution in [3.05, 3.63) is 29.3 Å². The van der Waals surface area contributed by atoms with Gasteiger partial charge in [-0.2, -0.15) is 0 Å². The first kappa shape index (κ1) is 17.7. The Morgan fingerprint density at radius 3 is 2.78 bits per heavy atom. The summed E-state index contributed by atoms with van der Waals surface area (Å²) < 4.78 is 0. The Bertz CT molecular complexity index is 573. The molecule has 6 nitrogen and oxygen atoms in total. The molecule has 0 saturated carbocycles. The monoisotopic (exact) mass is 338 g/mol. The molecule has 0 atom stereocenters. The molecule has 0 aromatic heterocycles. The number of carbonyl (C=O) groups excluding carboxylic acids is 2. The van der Waals surface area contributed by atoms with E-state index in [4.69, 9.17) is 0 Å². The van der Waals surface area contributed by atoms with Crippen LogP contribution in [0.3, 0.4) is 0 Å². The van der Waals surface area contributed by atoms with Gasteiger partial charge in [0, 0.05) is 56.9 Å². The zero-order valence-corrected chi connectivity index (χ0v) is 13.9. The summed E-state index contributed by atoms with van der Waals surface area (Å²) in [5.74, 6) is -0.00411. The van der Waals surface area contributed by atoms with E-state index >= 15 is 0 Å². The van der Waals surface area contributed by atoms with Crippen LogP contribution in [-0.4, -0.2) is 56.0 Å². The third-order valence-electron chi connectivity index (χ3n) is 4.19. The van der Waals surface area contributed by atoms with Crippen molar-refractivity contribution in [3.8, 4) is 0 Å². The zero-order valence-electron chi connectivity index (χ0n) is 13.1. The largest absolute Gasteiger partial charge is 0.351 e. The van der Waals surface area contributed by atoms with Crippen molar-refractivity contribution in [2.75, 3.05) is 44.6 Å². The van der Waals surface area contributed by atoms with Crippen LogP contribution in [0.5, 0.6) is 0 Å². The molecule has 1 saturated heterocycles. The van der Waals surface area contributed by atoms with Gasteiger partial charge in [0.15, 0.2) is 0 Å². The predicted octanol–water partition coefficient (Wildman–Crippen LogP) is 0.628. The maximum atomic E-state index is 12.2. The SMILES string of the molecule is Cl.O=C1CCc2cc(C(=O)NCCN3CCNCC3)ccc2N1. The molecule has 3 N–H and O–H groups in total. The molecular formula is C16H23ClN4O2. The van der Waals surface area contributed by atoms with Gasteiger partial charge in [0.05, 0.1) is 0 Å². The summed E-state index contributed by atoms with van der Waals surface area (Å²) in [7, 11) is 0. The first-order valence-electron chi connectivity index (χ1n) is 7.86. The molecule has 3 rings (SSSR count). The van der Waals surface area contributed by atoms with Gasteiger partial charge < -0.3 is 16.0 Å². The second kappa shape index (κ2) is 8.29. The maximum Gasteiger partial charge on any atom is 0.251 e. The van der Waals surface area contributed by atoms with E-state index in [1.807, 2.05) is 12.1 Å². The van der Waals surface area contributed by atoms with Gasteiger partial charge in [0.2, 0.25) is 5.91 Å². The highest BCUT2D eigenvalue weighted by Crippen LogP contribution is 2.23. The lowest BCUT2D eigenvalue weighted by atomic mass is 10.00. The number of halogens is 1. The van der Waals surface area contributed by atoms with Gasteiger partial charge in [-0.05, 0) is 30.2 Å². The number of carbonyl (C=O) groups is 2. The number of nitrogens with one attached hydrogen (secondary N) is 3. The molecule has 0 spiro atoms. The molecular weight excluding hydrogens is 316 g/mol. The third kappa shape index (κ3) is 4.67. The molecule has 1 aromatic rings. The second-order valence-corrected chi connectivity index (χ2v) is 5.77. The predicted molar refractivity (Wildman–Crippen MR) is 92.3 cm³/mol. The van der Waals surface area contributed by atoms with Crippen LogP contribution in [0.2, 0.25) is 0 Å². The number of aryl methyl sites for hydroxylation is 1. The van der Waals surface area contributed by atoms with Crippen LogP contribution in [0, 0.1) is 0 Å². The zero-order chi connectivity index (χ0) is 15.4. The van der Waals surface area contributed by atoms with E-state index in [1.54, 1.807) is 6.07 Å². The average Bonchev–Trinajstić information content (AvgIpc) is 2.55. The first-order valence-corrected chi connectivity index (χ1v) is 7.86. The van der Waals surface area contributed by atoms with Crippen molar-refractivity contribution in [2.24, 2.45) is 0 Å². The number of piperazine rings is 1. The molecule has 1 aromatic carbocycles. The Balaban J connectivity index is 0.00000192. The van der Waals surface area contributed by atoms with Gasteiger partial charge in [0.25, 0.3) is 5.91 Å². The number of fused-ring (bicyclic) bond motifs is 1. The number of rotatable bonds is 4. The minimum Gasteiger partial charge on any atom is -0.351 e. The normalized spacial score (nSPS) is 17.7. The lowest BCUT2D eigenvalue weighted by Crippen LogP contribution is -2.46. The molecule has 2 aliphatic rings. The Morgan fingerprint density at radius 2 is 2.00 bits per heavy atom. The van der Waals surface area contributed by atoms with Crippen molar-refractivity contribution in [1.82, 2.24) is 15.5 Å². The van der Waals surface area contributed by atoms with Crippen LogP contribution >= 0.6 is 12.4 Å². The average molecular weight is 339 g/mol. The van der Waals surface area contributed by atoms with E-state index in [-0.39, 0.29) is 24.2 Å². The lowest BCUT2D eigenvalue weighted by molar-refractivity contribution is -0.116. The summed E-state index contributed by atoms with van der Waals surface area (Å²) in [5.41, 5.74) is 2.53. The Morgan fingerprint density at radius 1 is 1.22 bits per heavy atom. The summed E-state index contributed by atoms with van der Waals surface area (Å²) >= 11 is 0. The van der Waals surface area contributed by atoms with Crippen molar-refractivity contribution in [3.63, 3.8) is 0 Å². The molecule has 0 radical (unpaired) electrons. The number of nitrogens with zero attached hydrogens (tertiary/aromatic N) is 1. The van der Waals surface area contributed by atoms with Crippen LogP contribution in [0.4, 0.5) is 5.69 Å². The van der Waals surface area contributed by atoms with Crippen LogP contribution in [-0.2, 0) is 11.2 Å². The quantitative estimate of drug-likeness (QED) is 0.753. The van der Waals surface area contributed by atoms with Gasteiger partial charge >= 0.3 is 0 Å². The minimum atomic E-state index is -0.0464. The number of benzene rings is 1. The Kier molecular flexibility index (Phi) is 6.38. The number of hydrogen-bond donors (Lipinski definition) is 3. The molecule has 1 fully saturated rings. The molecule has 0 unspecified atom stereocenters. The standard InChI is InChI=1S/C16H22N4O2.ClH/c21-15-4-2-12-11-13(1-3-14(12)19-15)16(22)18-7-10-20-8-5-17-6-9-20;/h1,3,11,17H,2,4-10H2,(H,18,22)(H,19,21);1H. The van der Waals surface area contributed by atoms with Crippen molar-refractivity contribution in [2.45, 2.75) is 12.8 Å². The summed E-state index contributed by atoms with van der Waals surface area (Å²) in [4.78, 5) is 25.9. The molecule has 2 heterocycles. The number of amides is 2. The van der Waals surface area contributed by atoms with Crippen molar-refractivity contribution in [1.29, 1.82) is 0 Å². The molecule has 23 heavy (non-hydrogen) atoms. The molecule has 126 valence electrons. The molecule has 2 amide bonds. The van der Waals surface area contributed by atoms with Gasteiger partial charge in [-0.3, -0.25) is 14.5 Å². The van der Waals surface area contributed by atoms with Crippen LogP contribution in [0.1, 0.15) is 22.3 Å². The van der Waals surface area contributed by atoms with Gasteiger partial charge in [0.1, 0.15) is 0 Å². The molecule has 2 aliphatic heterocycles. The first-order chi connectivity index (χ1) is 10.7. The molecule has 7 heteroatoms. The fourth-order valence-corrected chi connectivity index (χ4v) is 2.89. The van der Waals surface area contributed by atoms with E-state index in [1.165, 1.54) is 0 Å². The third-order valence-corrected chi connectivity index (χ3v) is 4.19. The van der Waals surface area contributed by atoms with Gasteiger partial charge in [-0.25, -0.2) is 0 Å². The smallest absolute Gasteiger partial charge is 0.251 e. The highest BCUT2D eigenvalue weighted by Gasteiger charge is 2.16. The number of anilines is 1. The second-order valence-electron chi connectivity index (χ2n) is 5.77. The highest BCUT2D eigenvalue weighted by atomic mass is 35.5. The minimum absolute atomic E-state index is 0. The van der Waals surface area contributed by atoms with Crippen molar-refractivity contribution >= 4 is 29.9 Å². The van der Waals surface area contributed by atoms with E-state index < -0.39 is 0 Å². The number of hydrogen-bond acceptors (Lipinski definition) is 4. The molecule has 0 aliphatic carbocycles. The van der Waals surface area contributed by atoms with Crippen LogP contribution in [0.15, 0.2) is 18.2 Å². The fourth-order valence-electron chi connectivity index (χ4n) is 2.89. The topological polar surface area (TPSA) is 73.5 Å². The van der Waals surface area contributed by atoms with Crippen molar-refractivity contribution < 1.29 is 9.59 Å². The fraction of sp³-hybridized carbons (Fsp3) is 0.500. The van der Waals surface area contributed by atoms with Gasteiger partial charge in [-0.15, -0.1) is 12.4 Å². The summed E-state index contributed by atoms with van der Waals surface area (Å²) in [6.07, 6.45) is 1.18. The van der Waals surface area contributed by atoms with Crippen LogP contribution in [0.25, 0.3) is 0 Å². The van der Waals surface area contributed by atoms with E-state index in [0.29, 0.717) is 24.9 Å². The summed E-state index contributed by atoms with van der Waals surface area (Å²) in [6.45, 7) is 5.65. The van der Waals surface area contributed by atoms with E-state index in [9.17, 15) is 9.59 Å². The van der Waals surface area contributed by atoms with E-state index in [2.05, 4.69) is 20.9 Å². The summed E-state index contributed by atoms with van der Waals surface area (Å²) in [5, 5.41) is 9.12. The molecule has 0 bridgehead atoms.